The fraction of sp³-hybridized carbons (Fsp3) is 0.571. The molecule has 2 atom stereocenters. The van der Waals surface area contributed by atoms with E-state index in [1.54, 1.807) is 12.3 Å². The van der Waals surface area contributed by atoms with E-state index in [2.05, 4.69) is 17.2 Å². The largest absolute Gasteiger partial charge is 0.350 e. The third-order valence-corrected chi connectivity index (χ3v) is 3.49. The third-order valence-electron chi connectivity index (χ3n) is 3.49. The van der Waals surface area contributed by atoms with Gasteiger partial charge in [-0.2, -0.15) is 0 Å². The maximum absolute atomic E-state index is 11.8. The van der Waals surface area contributed by atoms with Gasteiger partial charge in [-0.3, -0.25) is 9.78 Å². The maximum atomic E-state index is 11.8. The van der Waals surface area contributed by atoms with Crippen LogP contribution in [0.15, 0.2) is 24.4 Å². The summed E-state index contributed by atoms with van der Waals surface area (Å²) in [6.45, 7) is 3.09. The SMILES string of the molecule is C[C@H]1CCC[C@H](CNC(=O)c2ccccn2)C1. The zero-order valence-corrected chi connectivity index (χ0v) is 10.4. The van der Waals surface area contributed by atoms with Gasteiger partial charge in [0.1, 0.15) is 5.69 Å². The van der Waals surface area contributed by atoms with Crippen LogP contribution in [0.5, 0.6) is 0 Å². The van der Waals surface area contributed by atoms with Crippen LogP contribution in [0.4, 0.5) is 0 Å². The molecule has 1 fully saturated rings. The van der Waals surface area contributed by atoms with Crippen molar-refractivity contribution in [3.05, 3.63) is 30.1 Å². The van der Waals surface area contributed by atoms with E-state index in [1.807, 2.05) is 12.1 Å². The van der Waals surface area contributed by atoms with E-state index >= 15 is 0 Å². The second-order valence-corrected chi connectivity index (χ2v) is 5.06. The summed E-state index contributed by atoms with van der Waals surface area (Å²) in [4.78, 5) is 15.8. The van der Waals surface area contributed by atoms with Crippen LogP contribution in [-0.2, 0) is 0 Å². The average molecular weight is 232 g/mol. The molecule has 1 aromatic rings. The summed E-state index contributed by atoms with van der Waals surface area (Å²) < 4.78 is 0. The van der Waals surface area contributed by atoms with Gasteiger partial charge in [-0.1, -0.05) is 25.8 Å². The van der Waals surface area contributed by atoms with Gasteiger partial charge in [0.2, 0.25) is 0 Å². The van der Waals surface area contributed by atoms with Gasteiger partial charge in [-0.25, -0.2) is 0 Å². The molecule has 1 aliphatic carbocycles. The minimum Gasteiger partial charge on any atom is -0.350 e. The Morgan fingerprint density at radius 3 is 3.06 bits per heavy atom. The number of rotatable bonds is 3. The minimum absolute atomic E-state index is 0.0520. The highest BCUT2D eigenvalue weighted by Gasteiger charge is 2.19. The Kier molecular flexibility index (Phi) is 4.13. The van der Waals surface area contributed by atoms with Crippen LogP contribution in [0.2, 0.25) is 0 Å². The average Bonchev–Trinajstić information content (AvgIpc) is 2.37. The fourth-order valence-corrected chi connectivity index (χ4v) is 2.57. The van der Waals surface area contributed by atoms with Crippen molar-refractivity contribution in [1.82, 2.24) is 10.3 Å². The first-order valence-corrected chi connectivity index (χ1v) is 6.45. The van der Waals surface area contributed by atoms with Crippen LogP contribution in [0.3, 0.4) is 0 Å². The molecule has 1 saturated carbocycles. The van der Waals surface area contributed by atoms with Gasteiger partial charge < -0.3 is 5.32 Å². The molecule has 1 N–H and O–H groups in total. The standard InChI is InChI=1S/C14H20N2O/c1-11-5-4-6-12(9-11)10-16-14(17)13-7-2-3-8-15-13/h2-3,7-8,11-12H,4-6,9-10H2,1H3,(H,16,17)/t11-,12-/m0/s1. The molecular formula is C14H20N2O. The lowest BCUT2D eigenvalue weighted by Gasteiger charge is -2.26. The molecule has 3 heteroatoms. The Morgan fingerprint density at radius 1 is 1.47 bits per heavy atom. The molecule has 3 nitrogen and oxygen atoms in total. The molecule has 0 spiro atoms. The molecule has 2 rings (SSSR count). The molecule has 1 amide bonds. The molecule has 0 radical (unpaired) electrons. The summed E-state index contributed by atoms with van der Waals surface area (Å²) in [6.07, 6.45) is 6.77. The van der Waals surface area contributed by atoms with Crippen LogP contribution < -0.4 is 5.32 Å². The molecule has 1 aromatic heterocycles. The molecule has 92 valence electrons. The summed E-state index contributed by atoms with van der Waals surface area (Å²) in [5, 5.41) is 2.99. The Hall–Kier alpha value is -1.38. The summed E-state index contributed by atoms with van der Waals surface area (Å²) >= 11 is 0. The molecule has 0 unspecified atom stereocenters. The Morgan fingerprint density at radius 2 is 2.35 bits per heavy atom. The number of carbonyl (C=O) groups excluding carboxylic acids is 1. The van der Waals surface area contributed by atoms with Gasteiger partial charge in [-0.05, 0) is 36.8 Å². The second kappa shape index (κ2) is 5.80. The Balaban J connectivity index is 1.80. The van der Waals surface area contributed by atoms with Gasteiger partial charge in [0.05, 0.1) is 0 Å². The summed E-state index contributed by atoms with van der Waals surface area (Å²) in [5.41, 5.74) is 0.511. The number of carbonyl (C=O) groups is 1. The molecule has 1 heterocycles. The van der Waals surface area contributed by atoms with Gasteiger partial charge in [0, 0.05) is 12.7 Å². The maximum Gasteiger partial charge on any atom is 0.269 e. The number of aromatic nitrogens is 1. The number of amides is 1. The van der Waals surface area contributed by atoms with Crippen molar-refractivity contribution < 1.29 is 4.79 Å². The summed E-state index contributed by atoms with van der Waals surface area (Å²) in [6, 6.07) is 5.41. The van der Waals surface area contributed by atoms with Crippen LogP contribution in [-0.4, -0.2) is 17.4 Å². The normalized spacial score (nSPS) is 24.3. The van der Waals surface area contributed by atoms with Crippen molar-refractivity contribution in [1.29, 1.82) is 0 Å². The fourth-order valence-electron chi connectivity index (χ4n) is 2.57. The predicted octanol–water partition coefficient (Wildman–Crippen LogP) is 2.64. The molecule has 0 aromatic carbocycles. The lowest BCUT2D eigenvalue weighted by molar-refractivity contribution is 0.0935. The van der Waals surface area contributed by atoms with E-state index in [0.29, 0.717) is 11.6 Å². The highest BCUT2D eigenvalue weighted by atomic mass is 16.1. The molecular weight excluding hydrogens is 212 g/mol. The van der Waals surface area contributed by atoms with E-state index in [4.69, 9.17) is 0 Å². The predicted molar refractivity (Wildman–Crippen MR) is 67.7 cm³/mol. The molecule has 17 heavy (non-hydrogen) atoms. The number of nitrogens with one attached hydrogen (secondary N) is 1. The van der Waals surface area contributed by atoms with Gasteiger partial charge in [0.15, 0.2) is 0 Å². The van der Waals surface area contributed by atoms with Crippen LogP contribution in [0.25, 0.3) is 0 Å². The van der Waals surface area contributed by atoms with E-state index in [-0.39, 0.29) is 5.91 Å². The van der Waals surface area contributed by atoms with Crippen LogP contribution >= 0.6 is 0 Å². The lowest BCUT2D eigenvalue weighted by atomic mass is 9.82. The van der Waals surface area contributed by atoms with E-state index < -0.39 is 0 Å². The molecule has 0 saturated heterocycles. The number of hydrogen-bond donors (Lipinski definition) is 1. The van der Waals surface area contributed by atoms with Crippen molar-refractivity contribution in [2.24, 2.45) is 11.8 Å². The lowest BCUT2D eigenvalue weighted by Crippen LogP contribution is -2.31. The van der Waals surface area contributed by atoms with Crippen LogP contribution in [0, 0.1) is 11.8 Å². The van der Waals surface area contributed by atoms with Crippen molar-refractivity contribution in [3.63, 3.8) is 0 Å². The smallest absolute Gasteiger partial charge is 0.269 e. The number of nitrogens with zero attached hydrogens (tertiary/aromatic N) is 1. The van der Waals surface area contributed by atoms with E-state index in [1.165, 1.54) is 25.7 Å². The Labute approximate surface area is 103 Å². The van der Waals surface area contributed by atoms with Crippen molar-refractivity contribution >= 4 is 5.91 Å². The zero-order chi connectivity index (χ0) is 12.1. The van der Waals surface area contributed by atoms with E-state index in [0.717, 1.165) is 12.5 Å². The number of hydrogen-bond acceptors (Lipinski definition) is 2. The molecule has 0 bridgehead atoms. The zero-order valence-electron chi connectivity index (χ0n) is 10.4. The van der Waals surface area contributed by atoms with Gasteiger partial charge in [0.25, 0.3) is 5.91 Å². The van der Waals surface area contributed by atoms with Crippen molar-refractivity contribution in [3.8, 4) is 0 Å². The first kappa shape index (κ1) is 12.1. The van der Waals surface area contributed by atoms with Crippen molar-refractivity contribution in [2.45, 2.75) is 32.6 Å². The van der Waals surface area contributed by atoms with Crippen molar-refractivity contribution in [2.75, 3.05) is 6.54 Å². The number of pyridine rings is 1. The summed E-state index contributed by atoms with van der Waals surface area (Å²) in [5.74, 6) is 1.40. The summed E-state index contributed by atoms with van der Waals surface area (Å²) in [7, 11) is 0. The highest BCUT2D eigenvalue weighted by molar-refractivity contribution is 5.92. The second-order valence-electron chi connectivity index (χ2n) is 5.06. The minimum atomic E-state index is -0.0520. The highest BCUT2D eigenvalue weighted by Crippen LogP contribution is 2.27. The topological polar surface area (TPSA) is 42.0 Å². The van der Waals surface area contributed by atoms with Crippen LogP contribution in [0.1, 0.15) is 43.1 Å². The Bertz CT molecular complexity index is 364. The van der Waals surface area contributed by atoms with Gasteiger partial charge in [-0.15, -0.1) is 0 Å². The van der Waals surface area contributed by atoms with E-state index in [9.17, 15) is 4.79 Å². The first-order chi connectivity index (χ1) is 8.25. The molecule has 0 aliphatic heterocycles. The molecule has 1 aliphatic rings. The quantitative estimate of drug-likeness (QED) is 0.870. The first-order valence-electron chi connectivity index (χ1n) is 6.45. The monoisotopic (exact) mass is 232 g/mol. The third kappa shape index (κ3) is 3.55. The van der Waals surface area contributed by atoms with Gasteiger partial charge >= 0.3 is 0 Å².